The molecule has 0 N–H and O–H groups in total. The van der Waals surface area contributed by atoms with E-state index < -0.39 is 4.92 Å². The third kappa shape index (κ3) is 2.05. The van der Waals surface area contributed by atoms with E-state index in [1.165, 1.54) is 23.2 Å². The maximum absolute atomic E-state index is 9.92. The Bertz CT molecular complexity index is 327. The van der Waals surface area contributed by atoms with Crippen molar-refractivity contribution in [3.8, 4) is 0 Å². The molecule has 0 amide bonds. The van der Waals surface area contributed by atoms with Gasteiger partial charge in [-0.15, -0.1) is 0 Å². The van der Waals surface area contributed by atoms with Gasteiger partial charge in [0.25, 0.3) is 0 Å². The molecule has 0 aliphatic heterocycles. The minimum atomic E-state index is -0.523. The van der Waals surface area contributed by atoms with Crippen LogP contribution in [-0.2, 0) is 0 Å². The average molecular weight is 165 g/mol. The standard InChI is InChI=1S/C7H7N3O2/c1-2-9-6-7(5-8-9)3-4-10(11)12/h2-6H,1H2/b4-3+. The maximum Gasteiger partial charge on any atom is 0.235 e. The van der Waals surface area contributed by atoms with Crippen LogP contribution < -0.4 is 0 Å². The van der Waals surface area contributed by atoms with Crippen molar-refractivity contribution in [2.45, 2.75) is 0 Å². The summed E-state index contributed by atoms with van der Waals surface area (Å²) in [7, 11) is 0. The predicted molar refractivity (Wildman–Crippen MR) is 44.6 cm³/mol. The van der Waals surface area contributed by atoms with Gasteiger partial charge in [0.1, 0.15) is 0 Å². The molecule has 0 aliphatic rings. The van der Waals surface area contributed by atoms with Gasteiger partial charge in [-0.25, -0.2) is 4.68 Å². The second-order valence-corrected chi connectivity index (χ2v) is 2.04. The zero-order chi connectivity index (χ0) is 8.97. The zero-order valence-electron chi connectivity index (χ0n) is 6.25. The normalized spacial score (nSPS) is 10.3. The molecule has 0 bridgehead atoms. The molecule has 0 unspecified atom stereocenters. The first-order chi connectivity index (χ1) is 5.72. The van der Waals surface area contributed by atoms with Gasteiger partial charge in [0, 0.05) is 24.0 Å². The van der Waals surface area contributed by atoms with Crippen molar-refractivity contribution < 1.29 is 4.92 Å². The molecule has 0 saturated heterocycles. The van der Waals surface area contributed by atoms with Gasteiger partial charge >= 0.3 is 0 Å². The van der Waals surface area contributed by atoms with Crippen LogP contribution >= 0.6 is 0 Å². The van der Waals surface area contributed by atoms with E-state index in [1.807, 2.05) is 0 Å². The van der Waals surface area contributed by atoms with E-state index in [1.54, 1.807) is 6.20 Å². The van der Waals surface area contributed by atoms with E-state index in [9.17, 15) is 10.1 Å². The van der Waals surface area contributed by atoms with Gasteiger partial charge in [-0.05, 0) is 0 Å². The van der Waals surface area contributed by atoms with Crippen LogP contribution in [0.1, 0.15) is 5.56 Å². The van der Waals surface area contributed by atoms with Crippen molar-refractivity contribution in [2.75, 3.05) is 0 Å². The number of hydrogen-bond donors (Lipinski definition) is 0. The van der Waals surface area contributed by atoms with Crippen LogP contribution in [0, 0.1) is 10.1 Å². The highest BCUT2D eigenvalue weighted by Gasteiger charge is 1.92. The Kier molecular flexibility index (Phi) is 2.37. The van der Waals surface area contributed by atoms with E-state index in [2.05, 4.69) is 11.7 Å². The summed E-state index contributed by atoms with van der Waals surface area (Å²) in [6.07, 6.45) is 6.88. The average Bonchev–Trinajstić information content (AvgIpc) is 2.48. The molecule has 1 aromatic heterocycles. The highest BCUT2D eigenvalue weighted by atomic mass is 16.6. The molecule has 1 aromatic rings. The number of hydrogen-bond acceptors (Lipinski definition) is 3. The van der Waals surface area contributed by atoms with Crippen molar-refractivity contribution >= 4 is 12.3 Å². The lowest BCUT2D eigenvalue weighted by molar-refractivity contribution is -0.400. The molecular weight excluding hydrogens is 158 g/mol. The van der Waals surface area contributed by atoms with Gasteiger partial charge in [-0.2, -0.15) is 5.10 Å². The van der Waals surface area contributed by atoms with Crippen LogP contribution in [-0.4, -0.2) is 14.7 Å². The minimum Gasteiger partial charge on any atom is -0.259 e. The first-order valence-corrected chi connectivity index (χ1v) is 3.21. The molecule has 0 saturated carbocycles. The number of nitro groups is 1. The maximum atomic E-state index is 9.92. The molecule has 1 rings (SSSR count). The molecule has 62 valence electrons. The monoisotopic (exact) mass is 165 g/mol. The van der Waals surface area contributed by atoms with Crippen molar-refractivity contribution in [3.05, 3.63) is 40.9 Å². The predicted octanol–water partition coefficient (Wildman–Crippen LogP) is 1.23. The molecule has 0 radical (unpaired) electrons. The quantitative estimate of drug-likeness (QED) is 0.500. The summed E-state index contributed by atoms with van der Waals surface area (Å²) in [6.45, 7) is 3.48. The summed E-state index contributed by atoms with van der Waals surface area (Å²) >= 11 is 0. The second kappa shape index (κ2) is 3.47. The Morgan fingerprint density at radius 1 is 1.75 bits per heavy atom. The fraction of sp³-hybridized carbons (Fsp3) is 0. The molecule has 0 fully saturated rings. The van der Waals surface area contributed by atoms with E-state index in [0.29, 0.717) is 5.56 Å². The highest BCUT2D eigenvalue weighted by molar-refractivity contribution is 5.46. The van der Waals surface area contributed by atoms with Gasteiger partial charge < -0.3 is 0 Å². The summed E-state index contributed by atoms with van der Waals surface area (Å²) in [6, 6.07) is 0. The van der Waals surface area contributed by atoms with Crippen LogP contribution in [0.4, 0.5) is 0 Å². The molecule has 0 aliphatic carbocycles. The highest BCUT2D eigenvalue weighted by Crippen LogP contribution is 1.99. The SMILES string of the molecule is C=Cn1cc(/C=C/[N+](=O)[O-])cn1. The van der Waals surface area contributed by atoms with Crippen molar-refractivity contribution in [2.24, 2.45) is 0 Å². The molecule has 1 heterocycles. The van der Waals surface area contributed by atoms with Gasteiger partial charge in [-0.1, -0.05) is 6.58 Å². The molecule has 0 atom stereocenters. The first kappa shape index (κ1) is 8.19. The lowest BCUT2D eigenvalue weighted by Gasteiger charge is -1.82. The Hall–Kier alpha value is -1.91. The number of aromatic nitrogens is 2. The number of nitrogens with zero attached hydrogens (tertiary/aromatic N) is 3. The molecule has 0 spiro atoms. The summed E-state index contributed by atoms with van der Waals surface area (Å²) < 4.78 is 1.47. The molecule has 12 heavy (non-hydrogen) atoms. The second-order valence-electron chi connectivity index (χ2n) is 2.04. The van der Waals surface area contributed by atoms with Gasteiger partial charge in [-0.3, -0.25) is 10.1 Å². The summed E-state index contributed by atoms with van der Waals surface area (Å²) in [5.74, 6) is 0. The minimum absolute atomic E-state index is 0.523. The van der Waals surface area contributed by atoms with Crippen molar-refractivity contribution in [1.29, 1.82) is 0 Å². The Morgan fingerprint density at radius 3 is 3.00 bits per heavy atom. The third-order valence-corrected chi connectivity index (χ3v) is 1.20. The third-order valence-electron chi connectivity index (χ3n) is 1.20. The van der Waals surface area contributed by atoms with E-state index in [-0.39, 0.29) is 0 Å². The fourth-order valence-corrected chi connectivity index (χ4v) is 0.686. The van der Waals surface area contributed by atoms with Crippen LogP contribution in [0.3, 0.4) is 0 Å². The molecule has 5 nitrogen and oxygen atoms in total. The Morgan fingerprint density at radius 2 is 2.50 bits per heavy atom. The van der Waals surface area contributed by atoms with Crippen LogP contribution in [0.5, 0.6) is 0 Å². The largest absolute Gasteiger partial charge is 0.259 e. The van der Waals surface area contributed by atoms with Gasteiger partial charge in [0.2, 0.25) is 6.20 Å². The summed E-state index contributed by atoms with van der Waals surface area (Å²) in [4.78, 5) is 9.40. The van der Waals surface area contributed by atoms with Crippen LogP contribution in [0.2, 0.25) is 0 Å². The van der Waals surface area contributed by atoms with Crippen molar-refractivity contribution in [1.82, 2.24) is 9.78 Å². The van der Waals surface area contributed by atoms with Crippen molar-refractivity contribution in [3.63, 3.8) is 0 Å². The smallest absolute Gasteiger partial charge is 0.235 e. The summed E-state index contributed by atoms with van der Waals surface area (Å²) in [5.41, 5.74) is 0.673. The van der Waals surface area contributed by atoms with E-state index in [0.717, 1.165) is 6.20 Å². The fourth-order valence-electron chi connectivity index (χ4n) is 0.686. The number of rotatable bonds is 3. The Balaban J connectivity index is 2.76. The van der Waals surface area contributed by atoms with Gasteiger partial charge in [0.15, 0.2) is 0 Å². The Labute approximate surface area is 68.8 Å². The lowest BCUT2D eigenvalue weighted by Crippen LogP contribution is -1.82. The molecular formula is C7H7N3O2. The van der Waals surface area contributed by atoms with E-state index in [4.69, 9.17) is 0 Å². The first-order valence-electron chi connectivity index (χ1n) is 3.21. The van der Waals surface area contributed by atoms with Crippen LogP contribution in [0.25, 0.3) is 12.3 Å². The van der Waals surface area contributed by atoms with Crippen LogP contribution in [0.15, 0.2) is 25.2 Å². The zero-order valence-corrected chi connectivity index (χ0v) is 6.25. The molecule has 0 aromatic carbocycles. The van der Waals surface area contributed by atoms with E-state index >= 15 is 0 Å². The lowest BCUT2D eigenvalue weighted by atomic mass is 10.3. The van der Waals surface area contributed by atoms with Gasteiger partial charge in [0.05, 0.1) is 11.1 Å². The molecule has 5 heteroatoms. The topological polar surface area (TPSA) is 61.0 Å². The summed E-state index contributed by atoms with van der Waals surface area (Å²) in [5, 5.41) is 13.8.